The fraction of sp³-hybridized carbons (Fsp3) is 0.632. The van der Waals surface area contributed by atoms with Crippen LogP contribution in [0.15, 0.2) is 11.1 Å². The van der Waals surface area contributed by atoms with E-state index in [9.17, 15) is 10.2 Å². The molecular formula is C19H31NO2. The molecule has 0 aromatic heterocycles. The number of phenolic OH excluding ortho intramolecular Hbond substituents is 2. The minimum atomic E-state index is -0.249. The van der Waals surface area contributed by atoms with Gasteiger partial charge in [-0.3, -0.25) is 4.99 Å². The van der Waals surface area contributed by atoms with Crippen molar-refractivity contribution in [1.29, 1.82) is 0 Å². The number of phenols is 2. The van der Waals surface area contributed by atoms with Gasteiger partial charge in [-0.15, -0.1) is 0 Å². The van der Waals surface area contributed by atoms with Gasteiger partial charge in [-0.1, -0.05) is 47.6 Å². The van der Waals surface area contributed by atoms with E-state index in [1.807, 2.05) is 47.6 Å². The van der Waals surface area contributed by atoms with Gasteiger partial charge < -0.3 is 10.2 Å². The summed E-state index contributed by atoms with van der Waals surface area (Å²) in [5.41, 5.74) is 1.70. The van der Waals surface area contributed by atoms with Crippen molar-refractivity contribution in [3.8, 4) is 11.5 Å². The van der Waals surface area contributed by atoms with E-state index in [2.05, 4.69) is 25.8 Å². The third kappa shape index (κ3) is 4.25. The van der Waals surface area contributed by atoms with Crippen molar-refractivity contribution in [3.63, 3.8) is 0 Å². The maximum Gasteiger partial charge on any atom is 0.166 e. The molecule has 124 valence electrons. The fourth-order valence-corrected chi connectivity index (χ4v) is 2.25. The molecule has 0 atom stereocenters. The summed E-state index contributed by atoms with van der Waals surface area (Å²) in [6, 6.07) is 2.00. The van der Waals surface area contributed by atoms with Crippen molar-refractivity contribution in [2.24, 2.45) is 4.99 Å². The summed E-state index contributed by atoms with van der Waals surface area (Å²) in [6.45, 7) is 18.4. The minimum Gasteiger partial charge on any atom is -0.504 e. The van der Waals surface area contributed by atoms with Crippen molar-refractivity contribution >= 4 is 6.21 Å². The predicted octanol–water partition coefficient (Wildman–Crippen LogP) is 4.91. The number of nitrogens with zero attached hydrogens (tertiary/aromatic N) is 1. The van der Waals surface area contributed by atoms with E-state index in [0.29, 0.717) is 5.56 Å². The predicted molar refractivity (Wildman–Crippen MR) is 94.5 cm³/mol. The van der Waals surface area contributed by atoms with Crippen LogP contribution in [0.3, 0.4) is 0 Å². The number of benzene rings is 1. The molecule has 0 saturated heterocycles. The summed E-state index contributed by atoms with van der Waals surface area (Å²) in [6.07, 6.45) is 1.68. The van der Waals surface area contributed by atoms with Crippen LogP contribution in [0.2, 0.25) is 0 Å². The van der Waals surface area contributed by atoms with Crippen LogP contribution in [0.5, 0.6) is 11.5 Å². The first-order valence-corrected chi connectivity index (χ1v) is 7.80. The molecule has 0 amide bonds. The highest BCUT2D eigenvalue weighted by Crippen LogP contribution is 2.43. The maximum atomic E-state index is 10.5. The summed E-state index contributed by atoms with van der Waals surface area (Å²) in [5.74, 6) is -0.124. The topological polar surface area (TPSA) is 52.8 Å². The molecule has 0 aliphatic carbocycles. The Morgan fingerprint density at radius 2 is 1.23 bits per heavy atom. The quantitative estimate of drug-likeness (QED) is 0.572. The third-order valence-corrected chi connectivity index (χ3v) is 3.51. The van der Waals surface area contributed by atoms with Gasteiger partial charge in [-0.25, -0.2) is 0 Å². The molecule has 3 nitrogen and oxygen atoms in total. The Bertz CT molecular complexity index is 579. The lowest BCUT2D eigenvalue weighted by molar-refractivity contribution is 0.385. The molecule has 1 aromatic rings. The van der Waals surface area contributed by atoms with Gasteiger partial charge in [0.25, 0.3) is 0 Å². The Morgan fingerprint density at radius 1 is 0.773 bits per heavy atom. The van der Waals surface area contributed by atoms with Gasteiger partial charge in [0.05, 0.1) is 5.54 Å². The molecule has 1 rings (SSSR count). The second kappa shape index (κ2) is 5.60. The monoisotopic (exact) mass is 305 g/mol. The Hall–Kier alpha value is -1.51. The summed E-state index contributed by atoms with van der Waals surface area (Å²) >= 11 is 0. The SMILES string of the molecule is CC(C)(C)N=Cc1c(C(C)(C)C)cc(C(C)(C)C)c(O)c1O. The number of aliphatic imine (C=N–C) groups is 1. The highest BCUT2D eigenvalue weighted by atomic mass is 16.3. The van der Waals surface area contributed by atoms with E-state index in [-0.39, 0.29) is 27.9 Å². The van der Waals surface area contributed by atoms with Crippen LogP contribution in [0.1, 0.15) is 79.0 Å². The fourth-order valence-electron chi connectivity index (χ4n) is 2.25. The summed E-state index contributed by atoms with van der Waals surface area (Å²) in [7, 11) is 0. The van der Waals surface area contributed by atoms with Gasteiger partial charge in [0.1, 0.15) is 0 Å². The first-order chi connectivity index (χ1) is 9.64. The molecule has 0 aliphatic rings. The molecule has 3 heteroatoms. The molecule has 0 radical (unpaired) electrons. The molecule has 0 aliphatic heterocycles. The zero-order chi connectivity index (χ0) is 17.5. The van der Waals surface area contributed by atoms with Gasteiger partial charge in [-0.2, -0.15) is 0 Å². The zero-order valence-electron chi connectivity index (χ0n) is 15.5. The van der Waals surface area contributed by atoms with Crippen LogP contribution in [-0.2, 0) is 10.8 Å². The van der Waals surface area contributed by atoms with Gasteiger partial charge in [-0.05, 0) is 37.2 Å². The summed E-state index contributed by atoms with van der Waals surface area (Å²) in [5, 5.41) is 21.0. The van der Waals surface area contributed by atoms with Crippen molar-refractivity contribution < 1.29 is 10.2 Å². The third-order valence-electron chi connectivity index (χ3n) is 3.51. The van der Waals surface area contributed by atoms with E-state index in [4.69, 9.17) is 0 Å². The Kier molecular flexibility index (Phi) is 4.72. The van der Waals surface area contributed by atoms with Crippen LogP contribution in [0.25, 0.3) is 0 Å². The lowest BCUT2D eigenvalue weighted by Gasteiger charge is -2.28. The highest BCUT2D eigenvalue weighted by Gasteiger charge is 2.28. The average molecular weight is 305 g/mol. The van der Waals surface area contributed by atoms with Gasteiger partial charge >= 0.3 is 0 Å². The maximum absolute atomic E-state index is 10.5. The van der Waals surface area contributed by atoms with Crippen LogP contribution < -0.4 is 0 Å². The molecule has 0 bridgehead atoms. The van der Waals surface area contributed by atoms with Crippen molar-refractivity contribution in [3.05, 3.63) is 22.8 Å². The standard InChI is InChI=1S/C19H31NO2/c1-17(2,3)13-10-14(18(4,5)6)16(22)15(21)12(13)11-20-19(7,8)9/h10-11,21-22H,1-9H3. The Labute approximate surface area is 135 Å². The molecular weight excluding hydrogens is 274 g/mol. The van der Waals surface area contributed by atoms with Crippen LogP contribution in [-0.4, -0.2) is 22.0 Å². The number of aromatic hydroxyl groups is 2. The number of rotatable bonds is 1. The van der Waals surface area contributed by atoms with Crippen molar-refractivity contribution in [2.45, 2.75) is 78.7 Å². The van der Waals surface area contributed by atoms with E-state index in [1.165, 1.54) is 0 Å². The molecule has 22 heavy (non-hydrogen) atoms. The minimum absolute atomic E-state index is 0.0455. The Balaban J connectivity index is 3.70. The van der Waals surface area contributed by atoms with Crippen molar-refractivity contribution in [2.75, 3.05) is 0 Å². The van der Waals surface area contributed by atoms with E-state index in [1.54, 1.807) is 6.21 Å². The summed E-state index contributed by atoms with van der Waals surface area (Å²) in [4.78, 5) is 4.50. The average Bonchev–Trinajstić information content (AvgIpc) is 2.26. The zero-order valence-corrected chi connectivity index (χ0v) is 15.5. The van der Waals surface area contributed by atoms with Gasteiger partial charge in [0, 0.05) is 17.3 Å². The molecule has 0 heterocycles. The smallest absolute Gasteiger partial charge is 0.166 e. The number of hydrogen-bond donors (Lipinski definition) is 2. The van der Waals surface area contributed by atoms with Crippen LogP contribution in [0.4, 0.5) is 0 Å². The molecule has 0 spiro atoms. The lowest BCUT2D eigenvalue weighted by atomic mass is 9.77. The molecule has 0 saturated carbocycles. The van der Waals surface area contributed by atoms with E-state index >= 15 is 0 Å². The van der Waals surface area contributed by atoms with Crippen molar-refractivity contribution in [1.82, 2.24) is 0 Å². The largest absolute Gasteiger partial charge is 0.504 e. The first-order valence-electron chi connectivity index (χ1n) is 7.80. The van der Waals surface area contributed by atoms with E-state index < -0.39 is 0 Å². The first kappa shape index (κ1) is 18.5. The molecule has 1 aromatic carbocycles. The van der Waals surface area contributed by atoms with Crippen LogP contribution in [0, 0.1) is 0 Å². The van der Waals surface area contributed by atoms with E-state index in [0.717, 1.165) is 11.1 Å². The summed E-state index contributed by atoms with van der Waals surface area (Å²) < 4.78 is 0. The molecule has 0 fully saturated rings. The van der Waals surface area contributed by atoms with Crippen LogP contribution >= 0.6 is 0 Å². The lowest BCUT2D eigenvalue weighted by Crippen LogP contribution is -2.19. The molecule has 0 unspecified atom stereocenters. The second-order valence-electron chi connectivity index (χ2n) is 9.01. The van der Waals surface area contributed by atoms with Gasteiger partial charge in [0.15, 0.2) is 11.5 Å². The normalized spacial score (nSPS) is 13.9. The second-order valence-corrected chi connectivity index (χ2v) is 9.01. The Morgan fingerprint density at radius 3 is 1.59 bits per heavy atom. The highest BCUT2D eigenvalue weighted by molar-refractivity contribution is 5.88. The molecule has 2 N–H and O–H groups in total. The van der Waals surface area contributed by atoms with Gasteiger partial charge in [0.2, 0.25) is 0 Å². The number of hydrogen-bond acceptors (Lipinski definition) is 3.